The van der Waals surface area contributed by atoms with Gasteiger partial charge in [0, 0.05) is 31.9 Å². The van der Waals surface area contributed by atoms with E-state index in [2.05, 4.69) is 11.8 Å². The number of carbonyl (C=O) groups excluding carboxylic acids is 1. The molecule has 0 unspecified atom stereocenters. The van der Waals surface area contributed by atoms with Gasteiger partial charge in [-0.05, 0) is 44.0 Å². The molecule has 1 fully saturated rings. The van der Waals surface area contributed by atoms with Gasteiger partial charge in [-0.3, -0.25) is 4.79 Å². The van der Waals surface area contributed by atoms with Gasteiger partial charge < -0.3 is 15.5 Å². The van der Waals surface area contributed by atoms with Crippen LogP contribution in [-0.2, 0) is 0 Å². The van der Waals surface area contributed by atoms with Gasteiger partial charge in [0.15, 0.2) is 0 Å². The fourth-order valence-corrected chi connectivity index (χ4v) is 2.91. The first-order chi connectivity index (χ1) is 10.0. The maximum Gasteiger partial charge on any atom is 0.256 e. The predicted octanol–water partition coefficient (Wildman–Crippen LogP) is 2.35. The highest BCUT2D eigenvalue weighted by atomic mass is 19.1. The maximum absolute atomic E-state index is 13.9. The second-order valence-electron chi connectivity index (χ2n) is 5.73. The number of piperidine rings is 1. The third-order valence-corrected chi connectivity index (χ3v) is 4.19. The van der Waals surface area contributed by atoms with E-state index in [4.69, 9.17) is 5.73 Å². The maximum atomic E-state index is 13.9. The summed E-state index contributed by atoms with van der Waals surface area (Å²) >= 11 is 0. The van der Waals surface area contributed by atoms with E-state index in [0.29, 0.717) is 5.69 Å². The van der Waals surface area contributed by atoms with Gasteiger partial charge in [-0.25, -0.2) is 4.39 Å². The van der Waals surface area contributed by atoms with Crippen LogP contribution in [0, 0.1) is 5.82 Å². The molecule has 2 N–H and O–H groups in total. The third-order valence-electron chi connectivity index (χ3n) is 4.19. The Labute approximate surface area is 125 Å². The average molecular weight is 293 g/mol. The lowest BCUT2D eigenvalue weighted by atomic mass is 10.0. The zero-order valence-electron chi connectivity index (χ0n) is 12.8. The van der Waals surface area contributed by atoms with Crippen molar-refractivity contribution < 1.29 is 9.18 Å². The summed E-state index contributed by atoms with van der Waals surface area (Å²) < 4.78 is 13.9. The zero-order chi connectivity index (χ0) is 15.4. The van der Waals surface area contributed by atoms with Crippen LogP contribution < -0.4 is 5.73 Å². The van der Waals surface area contributed by atoms with Crippen molar-refractivity contribution in [3.63, 3.8) is 0 Å². The van der Waals surface area contributed by atoms with Crippen LogP contribution >= 0.6 is 0 Å². The van der Waals surface area contributed by atoms with Crippen molar-refractivity contribution in [1.82, 2.24) is 9.80 Å². The number of amides is 1. The highest BCUT2D eigenvalue weighted by Gasteiger charge is 2.26. The molecule has 1 saturated heterocycles. The number of hydrogen-bond donors (Lipinski definition) is 1. The number of likely N-dealkylation sites (tertiary alicyclic amines) is 1. The molecule has 0 aliphatic carbocycles. The number of nitrogens with two attached hydrogens (primary N) is 1. The van der Waals surface area contributed by atoms with Crippen LogP contribution in [0.4, 0.5) is 10.1 Å². The number of halogens is 1. The van der Waals surface area contributed by atoms with Crippen molar-refractivity contribution in [2.75, 3.05) is 32.4 Å². The molecule has 1 heterocycles. The molecule has 4 nitrogen and oxygen atoms in total. The Morgan fingerprint density at radius 2 is 2.10 bits per heavy atom. The number of benzene rings is 1. The molecule has 2 rings (SSSR count). The minimum atomic E-state index is -0.546. The van der Waals surface area contributed by atoms with Gasteiger partial charge in [-0.15, -0.1) is 0 Å². The first-order valence-electron chi connectivity index (χ1n) is 7.57. The van der Waals surface area contributed by atoms with Gasteiger partial charge in [0.2, 0.25) is 0 Å². The number of anilines is 1. The molecule has 1 aliphatic rings. The van der Waals surface area contributed by atoms with Crippen LogP contribution in [-0.4, -0.2) is 48.4 Å². The first kappa shape index (κ1) is 15.8. The summed E-state index contributed by atoms with van der Waals surface area (Å²) in [5.41, 5.74) is 5.95. The molecule has 0 bridgehead atoms. The Hall–Kier alpha value is -1.62. The topological polar surface area (TPSA) is 49.6 Å². The fraction of sp³-hybridized carbons (Fsp3) is 0.562. The Kier molecular flexibility index (Phi) is 5.17. The largest absolute Gasteiger partial charge is 0.399 e. The highest BCUT2D eigenvalue weighted by molar-refractivity contribution is 5.94. The molecule has 1 aromatic carbocycles. The van der Waals surface area contributed by atoms with E-state index in [9.17, 15) is 9.18 Å². The van der Waals surface area contributed by atoms with Gasteiger partial charge in [0.05, 0.1) is 5.56 Å². The summed E-state index contributed by atoms with van der Waals surface area (Å²) in [6.07, 6.45) is 3.04. The molecule has 0 spiro atoms. The van der Waals surface area contributed by atoms with Gasteiger partial charge >= 0.3 is 0 Å². The van der Waals surface area contributed by atoms with Crippen LogP contribution in [0.5, 0.6) is 0 Å². The molecule has 0 atom stereocenters. The Morgan fingerprint density at radius 1 is 1.43 bits per heavy atom. The summed E-state index contributed by atoms with van der Waals surface area (Å²) in [6, 6.07) is 4.41. The molecule has 116 valence electrons. The van der Waals surface area contributed by atoms with E-state index in [1.165, 1.54) is 12.1 Å². The van der Waals surface area contributed by atoms with Crippen molar-refractivity contribution >= 4 is 11.6 Å². The molecule has 1 aliphatic heterocycles. The standard InChI is InChI=1S/C16H24FN3O/c1-3-8-20-9-6-13(7-10-20)19(2)16(21)14-5-4-12(18)11-15(14)17/h4-5,11,13H,3,6-10,18H2,1-2H3. The lowest BCUT2D eigenvalue weighted by Crippen LogP contribution is -2.45. The summed E-state index contributed by atoms with van der Waals surface area (Å²) in [6.45, 7) is 5.28. The lowest BCUT2D eigenvalue weighted by molar-refractivity contribution is 0.0638. The zero-order valence-corrected chi connectivity index (χ0v) is 12.8. The predicted molar refractivity (Wildman–Crippen MR) is 82.7 cm³/mol. The van der Waals surface area contributed by atoms with Gasteiger partial charge in [0.1, 0.15) is 5.82 Å². The SMILES string of the molecule is CCCN1CCC(N(C)C(=O)c2ccc(N)cc2F)CC1. The van der Waals surface area contributed by atoms with Crippen molar-refractivity contribution in [3.05, 3.63) is 29.6 Å². The molecule has 21 heavy (non-hydrogen) atoms. The summed E-state index contributed by atoms with van der Waals surface area (Å²) in [5.74, 6) is -0.809. The smallest absolute Gasteiger partial charge is 0.256 e. The van der Waals surface area contributed by atoms with E-state index in [1.807, 2.05) is 0 Å². The van der Waals surface area contributed by atoms with Crippen LogP contribution in [0.1, 0.15) is 36.5 Å². The van der Waals surface area contributed by atoms with E-state index >= 15 is 0 Å². The number of nitrogens with zero attached hydrogens (tertiary/aromatic N) is 2. The van der Waals surface area contributed by atoms with Crippen LogP contribution in [0.15, 0.2) is 18.2 Å². The van der Waals surface area contributed by atoms with Crippen molar-refractivity contribution in [3.8, 4) is 0 Å². The Morgan fingerprint density at radius 3 is 2.67 bits per heavy atom. The number of nitrogen functional groups attached to an aromatic ring is 1. The minimum absolute atomic E-state index is 0.0997. The Balaban J connectivity index is 2.00. The van der Waals surface area contributed by atoms with Gasteiger partial charge in [-0.2, -0.15) is 0 Å². The molecule has 5 heteroatoms. The fourth-order valence-electron chi connectivity index (χ4n) is 2.91. The molecular formula is C16H24FN3O. The number of hydrogen-bond acceptors (Lipinski definition) is 3. The van der Waals surface area contributed by atoms with Crippen LogP contribution in [0.25, 0.3) is 0 Å². The highest BCUT2D eigenvalue weighted by Crippen LogP contribution is 2.20. The summed E-state index contributed by atoms with van der Waals surface area (Å²) in [5, 5.41) is 0. The lowest BCUT2D eigenvalue weighted by Gasteiger charge is -2.36. The van der Waals surface area contributed by atoms with Gasteiger partial charge in [-0.1, -0.05) is 6.92 Å². The van der Waals surface area contributed by atoms with Crippen LogP contribution in [0.3, 0.4) is 0 Å². The van der Waals surface area contributed by atoms with Crippen molar-refractivity contribution in [2.45, 2.75) is 32.2 Å². The van der Waals surface area contributed by atoms with Gasteiger partial charge in [0.25, 0.3) is 5.91 Å². The van der Waals surface area contributed by atoms with E-state index in [-0.39, 0.29) is 17.5 Å². The molecule has 0 saturated carbocycles. The molecule has 1 amide bonds. The Bertz CT molecular complexity index is 498. The summed E-state index contributed by atoms with van der Waals surface area (Å²) in [4.78, 5) is 16.5. The monoisotopic (exact) mass is 293 g/mol. The number of rotatable bonds is 4. The molecule has 0 aromatic heterocycles. The van der Waals surface area contributed by atoms with E-state index in [0.717, 1.165) is 38.9 Å². The van der Waals surface area contributed by atoms with Crippen molar-refractivity contribution in [2.24, 2.45) is 0 Å². The second-order valence-corrected chi connectivity index (χ2v) is 5.73. The molecular weight excluding hydrogens is 269 g/mol. The van der Waals surface area contributed by atoms with E-state index in [1.54, 1.807) is 18.0 Å². The first-order valence-corrected chi connectivity index (χ1v) is 7.57. The molecule has 0 radical (unpaired) electrons. The third kappa shape index (κ3) is 3.73. The van der Waals surface area contributed by atoms with Crippen molar-refractivity contribution in [1.29, 1.82) is 0 Å². The second kappa shape index (κ2) is 6.89. The normalized spacial score (nSPS) is 16.9. The number of carbonyl (C=O) groups is 1. The quantitative estimate of drug-likeness (QED) is 0.867. The average Bonchev–Trinajstić information content (AvgIpc) is 2.47. The minimum Gasteiger partial charge on any atom is -0.399 e. The van der Waals surface area contributed by atoms with E-state index < -0.39 is 5.82 Å². The summed E-state index contributed by atoms with van der Waals surface area (Å²) in [7, 11) is 1.76. The van der Waals surface area contributed by atoms with Crippen LogP contribution in [0.2, 0.25) is 0 Å². The molecule has 1 aromatic rings.